The van der Waals surface area contributed by atoms with Gasteiger partial charge in [-0.3, -0.25) is 13.9 Å². The van der Waals surface area contributed by atoms with E-state index in [-0.39, 0.29) is 35.5 Å². The molecule has 0 bridgehead atoms. The zero-order valence-electron chi connectivity index (χ0n) is 25.3. The minimum atomic E-state index is -4.36. The molecule has 1 saturated carbocycles. The number of para-hydroxylation sites is 1. The molecular formula is C36H38FN3O4S. The number of halogens is 1. The second kappa shape index (κ2) is 14.5. The molecule has 1 atom stereocenters. The highest BCUT2D eigenvalue weighted by atomic mass is 32.2. The molecule has 9 heteroatoms. The van der Waals surface area contributed by atoms with Crippen molar-refractivity contribution in [3.05, 3.63) is 132 Å². The first kappa shape index (κ1) is 31.9. The van der Waals surface area contributed by atoms with Crippen LogP contribution in [0, 0.1) is 12.7 Å². The Balaban J connectivity index is 1.57. The molecule has 0 aliphatic heterocycles. The van der Waals surface area contributed by atoms with E-state index >= 15 is 4.39 Å². The van der Waals surface area contributed by atoms with Gasteiger partial charge in [0.2, 0.25) is 11.8 Å². The fourth-order valence-electron chi connectivity index (χ4n) is 5.78. The Labute approximate surface area is 264 Å². The average Bonchev–Trinajstić information content (AvgIpc) is 3.56. The lowest BCUT2D eigenvalue weighted by Gasteiger charge is -2.34. The number of anilines is 1. The summed E-state index contributed by atoms with van der Waals surface area (Å²) in [6.07, 6.45) is 4.00. The highest BCUT2D eigenvalue weighted by Crippen LogP contribution is 2.28. The predicted molar refractivity (Wildman–Crippen MR) is 173 cm³/mol. The number of hydrogen-bond acceptors (Lipinski definition) is 4. The Bertz CT molecular complexity index is 1710. The lowest BCUT2D eigenvalue weighted by molar-refractivity contribution is -0.140. The Kier molecular flexibility index (Phi) is 10.3. The van der Waals surface area contributed by atoms with Crippen molar-refractivity contribution in [2.75, 3.05) is 10.8 Å². The van der Waals surface area contributed by atoms with Gasteiger partial charge in [-0.15, -0.1) is 0 Å². The molecule has 0 aromatic heterocycles. The number of benzene rings is 4. The highest BCUT2D eigenvalue weighted by Gasteiger charge is 2.36. The number of nitrogens with zero attached hydrogens (tertiary/aromatic N) is 2. The predicted octanol–water partition coefficient (Wildman–Crippen LogP) is 6.03. The highest BCUT2D eigenvalue weighted by molar-refractivity contribution is 7.92. The summed E-state index contributed by atoms with van der Waals surface area (Å²) in [4.78, 5) is 30.0. The molecule has 0 spiro atoms. The fraction of sp³-hybridized carbons (Fsp3) is 0.278. The molecule has 7 nitrogen and oxygen atoms in total. The summed E-state index contributed by atoms with van der Waals surface area (Å²) in [6, 6.07) is 29.2. The van der Waals surface area contributed by atoms with Crippen molar-refractivity contribution in [3.8, 4) is 0 Å². The summed E-state index contributed by atoms with van der Waals surface area (Å²) in [6.45, 7) is 1.29. The number of sulfonamides is 1. The molecule has 2 amide bonds. The van der Waals surface area contributed by atoms with Crippen molar-refractivity contribution in [1.82, 2.24) is 10.2 Å². The molecule has 1 N–H and O–H groups in total. The Morgan fingerprint density at radius 2 is 1.44 bits per heavy atom. The number of nitrogens with one attached hydrogen (secondary N) is 1. The molecule has 0 radical (unpaired) electrons. The van der Waals surface area contributed by atoms with E-state index in [9.17, 15) is 18.0 Å². The minimum Gasteiger partial charge on any atom is -0.352 e. The van der Waals surface area contributed by atoms with Gasteiger partial charge >= 0.3 is 0 Å². The molecule has 45 heavy (non-hydrogen) atoms. The van der Waals surface area contributed by atoms with E-state index in [1.54, 1.807) is 18.2 Å². The van der Waals surface area contributed by atoms with Crippen molar-refractivity contribution in [2.45, 2.75) is 62.6 Å². The van der Waals surface area contributed by atoms with Crippen LogP contribution in [0.25, 0.3) is 0 Å². The van der Waals surface area contributed by atoms with Gasteiger partial charge in [-0.1, -0.05) is 97.8 Å². The zero-order chi connectivity index (χ0) is 31.8. The van der Waals surface area contributed by atoms with E-state index in [0.29, 0.717) is 0 Å². The molecule has 4 aromatic carbocycles. The number of amides is 2. The van der Waals surface area contributed by atoms with E-state index < -0.39 is 34.3 Å². The van der Waals surface area contributed by atoms with Crippen molar-refractivity contribution in [3.63, 3.8) is 0 Å². The summed E-state index contributed by atoms with van der Waals surface area (Å²) in [7, 11) is -4.36. The van der Waals surface area contributed by atoms with Gasteiger partial charge in [0.25, 0.3) is 10.0 Å². The molecule has 1 aliphatic rings. The van der Waals surface area contributed by atoms with Gasteiger partial charge in [0, 0.05) is 19.0 Å². The van der Waals surface area contributed by atoms with E-state index in [4.69, 9.17) is 0 Å². The van der Waals surface area contributed by atoms with Crippen LogP contribution in [0.2, 0.25) is 0 Å². The minimum absolute atomic E-state index is 0.0135. The van der Waals surface area contributed by atoms with E-state index in [1.165, 1.54) is 35.2 Å². The quantitative estimate of drug-likeness (QED) is 0.208. The topological polar surface area (TPSA) is 86.8 Å². The first-order chi connectivity index (χ1) is 21.7. The van der Waals surface area contributed by atoms with Gasteiger partial charge in [-0.25, -0.2) is 12.8 Å². The fourth-order valence-corrected chi connectivity index (χ4v) is 7.22. The standard InChI is InChI=1S/C36H38FN3O4S/c1-27-14-8-9-17-29(27)25-39(34(24-28-15-4-2-5-16-28)36(42)38-30-18-10-11-19-30)35(41)26-40(33-23-13-12-22-32(33)37)45(43,44)31-20-6-3-7-21-31/h2-9,12-17,20-23,30,34H,10-11,18-19,24-26H2,1H3,(H,38,42)/t34-/m0/s1. The summed E-state index contributed by atoms with van der Waals surface area (Å²) >= 11 is 0. The van der Waals surface area contributed by atoms with Crippen LogP contribution in [-0.4, -0.2) is 43.8 Å². The third-order valence-electron chi connectivity index (χ3n) is 8.31. The van der Waals surface area contributed by atoms with Gasteiger partial charge in [0.05, 0.1) is 10.6 Å². The number of rotatable bonds is 12. The van der Waals surface area contributed by atoms with Gasteiger partial charge in [0.15, 0.2) is 0 Å². The van der Waals surface area contributed by atoms with Gasteiger partial charge < -0.3 is 10.2 Å². The van der Waals surface area contributed by atoms with Crippen LogP contribution in [0.5, 0.6) is 0 Å². The largest absolute Gasteiger partial charge is 0.352 e. The maximum atomic E-state index is 15.2. The molecule has 1 fully saturated rings. The van der Waals surface area contributed by atoms with Crippen LogP contribution in [0.4, 0.5) is 10.1 Å². The van der Waals surface area contributed by atoms with E-state index in [0.717, 1.165) is 52.7 Å². The third kappa shape index (κ3) is 7.78. The van der Waals surface area contributed by atoms with Crippen LogP contribution in [-0.2, 0) is 32.6 Å². The summed E-state index contributed by atoms with van der Waals surface area (Å²) in [5, 5.41) is 3.16. The normalized spacial score (nSPS) is 14.1. The van der Waals surface area contributed by atoms with Crippen LogP contribution < -0.4 is 9.62 Å². The summed E-state index contributed by atoms with van der Waals surface area (Å²) in [5.41, 5.74) is 2.35. The second-order valence-corrected chi connectivity index (χ2v) is 13.3. The van der Waals surface area contributed by atoms with E-state index in [2.05, 4.69) is 5.32 Å². The smallest absolute Gasteiger partial charge is 0.264 e. The van der Waals surface area contributed by atoms with Crippen molar-refractivity contribution in [2.24, 2.45) is 0 Å². The molecular weight excluding hydrogens is 589 g/mol. The van der Waals surface area contributed by atoms with Crippen LogP contribution in [0.1, 0.15) is 42.4 Å². The zero-order valence-corrected chi connectivity index (χ0v) is 26.1. The van der Waals surface area contributed by atoms with Gasteiger partial charge in [0.1, 0.15) is 18.4 Å². The number of aryl methyl sites for hydroxylation is 1. The Hall–Kier alpha value is -4.50. The molecule has 1 aliphatic carbocycles. The van der Waals surface area contributed by atoms with Crippen LogP contribution >= 0.6 is 0 Å². The summed E-state index contributed by atoms with van der Waals surface area (Å²) in [5.74, 6) is -1.70. The SMILES string of the molecule is Cc1ccccc1CN(C(=O)CN(c1ccccc1F)S(=O)(=O)c1ccccc1)[C@@H](Cc1ccccc1)C(=O)NC1CCCC1. The first-order valence-electron chi connectivity index (χ1n) is 15.2. The first-order valence-corrected chi connectivity index (χ1v) is 16.7. The van der Waals surface area contributed by atoms with Gasteiger partial charge in [-0.2, -0.15) is 0 Å². The molecule has 0 unspecified atom stereocenters. The van der Waals surface area contributed by atoms with E-state index in [1.807, 2.05) is 61.5 Å². The maximum Gasteiger partial charge on any atom is 0.264 e. The van der Waals surface area contributed by atoms with Crippen molar-refractivity contribution in [1.29, 1.82) is 0 Å². The van der Waals surface area contributed by atoms with Crippen LogP contribution in [0.15, 0.2) is 114 Å². The molecule has 4 aromatic rings. The molecule has 0 saturated heterocycles. The molecule has 0 heterocycles. The van der Waals surface area contributed by atoms with Crippen LogP contribution in [0.3, 0.4) is 0 Å². The van der Waals surface area contributed by atoms with Crippen molar-refractivity contribution < 1.29 is 22.4 Å². The number of hydrogen-bond donors (Lipinski definition) is 1. The monoisotopic (exact) mass is 627 g/mol. The number of carbonyl (C=O) groups is 2. The Morgan fingerprint density at radius 3 is 2.11 bits per heavy atom. The summed E-state index contributed by atoms with van der Waals surface area (Å²) < 4.78 is 44.0. The third-order valence-corrected chi connectivity index (χ3v) is 10.1. The maximum absolute atomic E-state index is 15.2. The molecule has 234 valence electrons. The Morgan fingerprint density at radius 1 is 0.844 bits per heavy atom. The van der Waals surface area contributed by atoms with Crippen molar-refractivity contribution >= 4 is 27.5 Å². The van der Waals surface area contributed by atoms with Gasteiger partial charge in [-0.05, 0) is 60.7 Å². The molecule has 5 rings (SSSR count). The lowest BCUT2D eigenvalue weighted by Crippen LogP contribution is -2.54. The number of carbonyl (C=O) groups excluding carboxylic acids is 2. The lowest BCUT2D eigenvalue weighted by atomic mass is 10.0. The average molecular weight is 628 g/mol. The second-order valence-electron chi connectivity index (χ2n) is 11.4.